The Morgan fingerprint density at radius 1 is 1.23 bits per heavy atom. The first kappa shape index (κ1) is 20.4. The highest BCUT2D eigenvalue weighted by Gasteiger charge is 2.08. The largest absolute Gasteiger partial charge is 0.358 e. The fourth-order valence-corrected chi connectivity index (χ4v) is 3.00. The lowest BCUT2D eigenvalue weighted by atomic mass is 10.2. The van der Waals surface area contributed by atoms with Gasteiger partial charge in [-0.1, -0.05) is 18.2 Å². The third-order valence-corrected chi connectivity index (χ3v) is 4.38. The number of H-pyrrole nitrogens is 1. The molecule has 0 fully saturated rings. The molecule has 0 aliphatic rings. The predicted molar refractivity (Wildman–Crippen MR) is 120 cm³/mol. The van der Waals surface area contributed by atoms with Crippen LogP contribution in [0.3, 0.4) is 0 Å². The van der Waals surface area contributed by atoms with Crippen molar-refractivity contribution in [3.8, 4) is 0 Å². The van der Waals surface area contributed by atoms with Crippen molar-refractivity contribution in [2.24, 2.45) is 12.0 Å². The number of para-hydroxylation sites is 1. The summed E-state index contributed by atoms with van der Waals surface area (Å²) in [6.45, 7) is 4.56. The zero-order chi connectivity index (χ0) is 17.6. The number of rotatable bonds is 6. The predicted octanol–water partition coefficient (Wildman–Crippen LogP) is 3.76. The number of guanidine groups is 1. The van der Waals surface area contributed by atoms with Crippen molar-refractivity contribution < 1.29 is 0 Å². The summed E-state index contributed by atoms with van der Waals surface area (Å²) in [5.74, 6) is 0.944. The molecule has 0 bridgehead atoms. The average Bonchev–Trinajstić information content (AvgIpc) is 3.20. The van der Waals surface area contributed by atoms with Gasteiger partial charge in [-0.3, -0.25) is 4.99 Å². The first-order chi connectivity index (χ1) is 12.2. The number of benzene rings is 1. The number of aromatic nitrogens is 2. The van der Waals surface area contributed by atoms with Crippen LogP contribution in [0.25, 0.3) is 10.9 Å². The van der Waals surface area contributed by atoms with Crippen molar-refractivity contribution in [2.45, 2.75) is 19.9 Å². The minimum atomic E-state index is 0. The highest BCUT2D eigenvalue weighted by atomic mass is 127. The molecule has 0 aliphatic heterocycles. The molecule has 0 amide bonds. The van der Waals surface area contributed by atoms with Gasteiger partial charge in [0.25, 0.3) is 0 Å². The lowest BCUT2D eigenvalue weighted by molar-refractivity contribution is 0.462. The molecule has 5 nitrogen and oxygen atoms in total. The summed E-state index contributed by atoms with van der Waals surface area (Å²) in [5.41, 5.74) is 3.68. The molecule has 0 radical (unpaired) electrons. The molecule has 6 heteroatoms. The second kappa shape index (κ2) is 9.66. The molecular formula is C20H28IN5. The number of nitrogens with zero attached hydrogens (tertiary/aromatic N) is 3. The van der Waals surface area contributed by atoms with Gasteiger partial charge in [0.1, 0.15) is 0 Å². The van der Waals surface area contributed by atoms with E-state index >= 15 is 0 Å². The maximum Gasteiger partial charge on any atom is 0.194 e. The zero-order valence-electron chi connectivity index (χ0n) is 15.7. The minimum absolute atomic E-state index is 0. The Balaban J connectivity index is 0.00000243. The summed E-state index contributed by atoms with van der Waals surface area (Å²) in [5, 5.41) is 4.64. The Morgan fingerprint density at radius 2 is 2.04 bits per heavy atom. The molecule has 2 N–H and O–H groups in total. The van der Waals surface area contributed by atoms with Crippen molar-refractivity contribution in [3.05, 3.63) is 60.0 Å². The summed E-state index contributed by atoms with van der Waals surface area (Å²) in [6, 6.07) is 14.8. The third kappa shape index (κ3) is 5.03. The average molecular weight is 465 g/mol. The van der Waals surface area contributed by atoms with E-state index in [1.54, 1.807) is 0 Å². The standard InChI is InChI=1S/C20H27N5.HI/c1-4-21-20(25(3)15-18-9-7-13-24(18)2)22-12-11-17-14-16-8-5-6-10-19(16)23-17;/h5-10,13-14,23H,4,11-12,15H2,1-3H3,(H,21,22);1H. The Morgan fingerprint density at radius 3 is 2.73 bits per heavy atom. The van der Waals surface area contributed by atoms with E-state index in [9.17, 15) is 0 Å². The van der Waals surface area contributed by atoms with Gasteiger partial charge >= 0.3 is 0 Å². The van der Waals surface area contributed by atoms with Gasteiger partial charge < -0.3 is 19.8 Å². The smallest absolute Gasteiger partial charge is 0.194 e. The molecule has 26 heavy (non-hydrogen) atoms. The van der Waals surface area contributed by atoms with Gasteiger partial charge in [-0.15, -0.1) is 24.0 Å². The van der Waals surface area contributed by atoms with E-state index in [2.05, 4.69) is 89.4 Å². The molecule has 0 unspecified atom stereocenters. The Labute approximate surface area is 172 Å². The quantitative estimate of drug-likeness (QED) is 0.331. The molecule has 3 aromatic rings. The monoisotopic (exact) mass is 465 g/mol. The molecule has 0 atom stereocenters. The SMILES string of the molecule is CCNC(=NCCc1cc2ccccc2[nH]1)N(C)Cc1cccn1C.I. The van der Waals surface area contributed by atoms with Crippen molar-refractivity contribution in [2.75, 3.05) is 20.1 Å². The molecule has 0 saturated carbocycles. The Bertz CT molecular complexity index is 816. The molecule has 2 aromatic heterocycles. The summed E-state index contributed by atoms with van der Waals surface area (Å²) in [7, 11) is 4.15. The number of aliphatic imine (C=N–C) groups is 1. The highest BCUT2D eigenvalue weighted by molar-refractivity contribution is 14.0. The van der Waals surface area contributed by atoms with Gasteiger partial charge in [0.2, 0.25) is 0 Å². The molecule has 140 valence electrons. The lowest BCUT2D eigenvalue weighted by Crippen LogP contribution is -2.39. The number of aryl methyl sites for hydroxylation is 1. The summed E-state index contributed by atoms with van der Waals surface area (Å²) >= 11 is 0. The van der Waals surface area contributed by atoms with Gasteiger partial charge in [-0.05, 0) is 36.6 Å². The van der Waals surface area contributed by atoms with Crippen LogP contribution in [0.5, 0.6) is 0 Å². The van der Waals surface area contributed by atoms with Crippen LogP contribution in [0.2, 0.25) is 0 Å². The van der Waals surface area contributed by atoms with Gasteiger partial charge in [0.15, 0.2) is 5.96 Å². The van der Waals surface area contributed by atoms with Crippen LogP contribution < -0.4 is 5.32 Å². The molecule has 0 saturated heterocycles. The van der Waals surface area contributed by atoms with Crippen LogP contribution in [0, 0.1) is 0 Å². The van der Waals surface area contributed by atoms with E-state index in [-0.39, 0.29) is 24.0 Å². The van der Waals surface area contributed by atoms with Crippen LogP contribution in [0.15, 0.2) is 53.7 Å². The lowest BCUT2D eigenvalue weighted by Gasteiger charge is -2.22. The van der Waals surface area contributed by atoms with Crippen LogP contribution in [0.1, 0.15) is 18.3 Å². The van der Waals surface area contributed by atoms with Crippen molar-refractivity contribution in [1.29, 1.82) is 0 Å². The second-order valence-electron chi connectivity index (χ2n) is 6.33. The van der Waals surface area contributed by atoms with Gasteiger partial charge in [0.05, 0.1) is 6.54 Å². The first-order valence-corrected chi connectivity index (χ1v) is 8.83. The van der Waals surface area contributed by atoms with Crippen molar-refractivity contribution >= 4 is 40.8 Å². The molecule has 3 rings (SSSR count). The van der Waals surface area contributed by atoms with Crippen LogP contribution in [-0.4, -0.2) is 40.5 Å². The number of hydrogen-bond acceptors (Lipinski definition) is 1. The van der Waals surface area contributed by atoms with E-state index in [0.717, 1.165) is 32.0 Å². The summed E-state index contributed by atoms with van der Waals surface area (Å²) in [6.07, 6.45) is 2.98. The summed E-state index contributed by atoms with van der Waals surface area (Å²) < 4.78 is 2.14. The van der Waals surface area contributed by atoms with Gasteiger partial charge in [-0.2, -0.15) is 0 Å². The molecular weight excluding hydrogens is 437 g/mol. The maximum absolute atomic E-state index is 4.79. The van der Waals surface area contributed by atoms with Crippen molar-refractivity contribution in [1.82, 2.24) is 19.8 Å². The van der Waals surface area contributed by atoms with E-state index in [1.165, 1.54) is 22.3 Å². The first-order valence-electron chi connectivity index (χ1n) is 8.83. The van der Waals surface area contributed by atoms with Gasteiger partial charge in [0, 0.05) is 56.7 Å². The van der Waals surface area contributed by atoms with E-state index in [4.69, 9.17) is 4.99 Å². The van der Waals surface area contributed by atoms with E-state index < -0.39 is 0 Å². The normalized spacial score (nSPS) is 11.4. The second-order valence-corrected chi connectivity index (χ2v) is 6.33. The number of hydrogen-bond donors (Lipinski definition) is 2. The summed E-state index contributed by atoms with van der Waals surface area (Å²) in [4.78, 5) is 10.4. The van der Waals surface area contributed by atoms with Crippen LogP contribution in [0.4, 0.5) is 0 Å². The molecule has 1 aromatic carbocycles. The fourth-order valence-electron chi connectivity index (χ4n) is 3.00. The topological polar surface area (TPSA) is 48.4 Å². The maximum atomic E-state index is 4.79. The highest BCUT2D eigenvalue weighted by Crippen LogP contribution is 2.15. The molecule has 2 heterocycles. The number of aromatic amines is 1. The number of nitrogens with one attached hydrogen (secondary N) is 2. The van der Waals surface area contributed by atoms with Crippen LogP contribution in [-0.2, 0) is 20.0 Å². The van der Waals surface area contributed by atoms with Gasteiger partial charge in [-0.25, -0.2) is 0 Å². The number of fused-ring (bicyclic) bond motifs is 1. The Kier molecular flexibility index (Phi) is 7.56. The molecule has 0 aliphatic carbocycles. The number of halogens is 1. The van der Waals surface area contributed by atoms with Crippen LogP contribution >= 0.6 is 24.0 Å². The van der Waals surface area contributed by atoms with Crippen molar-refractivity contribution in [3.63, 3.8) is 0 Å². The minimum Gasteiger partial charge on any atom is -0.358 e. The van der Waals surface area contributed by atoms with E-state index in [0.29, 0.717) is 0 Å². The Hall–Kier alpha value is -1.96. The van der Waals surface area contributed by atoms with E-state index in [1.807, 2.05) is 0 Å². The fraction of sp³-hybridized carbons (Fsp3) is 0.350. The third-order valence-electron chi connectivity index (χ3n) is 4.38. The zero-order valence-corrected chi connectivity index (χ0v) is 18.0. The molecule has 0 spiro atoms.